The SMILES string of the molecule is CCOC(=O)N1CCC(C2OCc3cc(-c4ccc(C(=O)N5CCOC(CO)C5)cc4)ccc3O2)CC1. The second-order valence-corrected chi connectivity index (χ2v) is 9.65. The maximum Gasteiger partial charge on any atom is 0.409 e. The zero-order valence-corrected chi connectivity index (χ0v) is 21.1. The van der Waals surface area contributed by atoms with E-state index in [0.717, 1.165) is 35.3 Å². The van der Waals surface area contributed by atoms with Crippen molar-refractivity contribution in [3.8, 4) is 16.9 Å². The fourth-order valence-electron chi connectivity index (χ4n) is 5.12. The number of nitrogens with zero attached hydrogens (tertiary/aromatic N) is 2. The van der Waals surface area contributed by atoms with Crippen LogP contribution in [0.15, 0.2) is 42.5 Å². The molecule has 0 saturated carbocycles. The second kappa shape index (κ2) is 11.5. The van der Waals surface area contributed by atoms with E-state index in [9.17, 15) is 14.7 Å². The molecule has 2 aromatic rings. The fourth-order valence-corrected chi connectivity index (χ4v) is 5.12. The van der Waals surface area contributed by atoms with Crippen molar-refractivity contribution >= 4 is 12.0 Å². The van der Waals surface area contributed by atoms with Crippen molar-refractivity contribution in [3.63, 3.8) is 0 Å². The molecule has 9 heteroatoms. The minimum atomic E-state index is -0.325. The van der Waals surface area contributed by atoms with Gasteiger partial charge in [0.05, 0.1) is 32.5 Å². The summed E-state index contributed by atoms with van der Waals surface area (Å²) in [4.78, 5) is 28.3. The number of carbonyl (C=O) groups excluding carboxylic acids is 2. The number of hydrogen-bond acceptors (Lipinski definition) is 7. The molecule has 5 rings (SSSR count). The molecule has 37 heavy (non-hydrogen) atoms. The maximum atomic E-state index is 12.9. The van der Waals surface area contributed by atoms with Gasteiger partial charge in [-0.1, -0.05) is 18.2 Å². The summed E-state index contributed by atoms with van der Waals surface area (Å²) in [6, 6.07) is 13.6. The highest BCUT2D eigenvalue weighted by Crippen LogP contribution is 2.35. The van der Waals surface area contributed by atoms with Crippen molar-refractivity contribution in [2.24, 2.45) is 5.92 Å². The zero-order chi connectivity index (χ0) is 25.8. The molecule has 0 aromatic heterocycles. The third-order valence-corrected chi connectivity index (χ3v) is 7.25. The number of piperidine rings is 1. The van der Waals surface area contributed by atoms with E-state index in [1.807, 2.05) is 43.3 Å². The molecular weight excluding hydrogens is 476 g/mol. The van der Waals surface area contributed by atoms with Crippen LogP contribution in [-0.4, -0.2) is 85.3 Å². The highest BCUT2D eigenvalue weighted by molar-refractivity contribution is 5.94. The Bertz CT molecular complexity index is 1100. The minimum Gasteiger partial charge on any atom is -0.464 e. The van der Waals surface area contributed by atoms with Crippen LogP contribution in [0.5, 0.6) is 5.75 Å². The van der Waals surface area contributed by atoms with Gasteiger partial charge in [0, 0.05) is 43.2 Å². The lowest BCUT2D eigenvalue weighted by Crippen LogP contribution is -2.46. The van der Waals surface area contributed by atoms with Crippen LogP contribution < -0.4 is 4.74 Å². The highest BCUT2D eigenvalue weighted by atomic mass is 16.7. The monoisotopic (exact) mass is 510 g/mol. The molecule has 3 aliphatic rings. The quantitative estimate of drug-likeness (QED) is 0.659. The first-order valence-corrected chi connectivity index (χ1v) is 13.0. The van der Waals surface area contributed by atoms with Crippen molar-refractivity contribution in [2.45, 2.75) is 38.8 Å². The topological polar surface area (TPSA) is 97.8 Å². The molecule has 0 aliphatic carbocycles. The van der Waals surface area contributed by atoms with Gasteiger partial charge in [0.1, 0.15) is 5.75 Å². The zero-order valence-electron chi connectivity index (χ0n) is 21.1. The van der Waals surface area contributed by atoms with E-state index >= 15 is 0 Å². The van der Waals surface area contributed by atoms with E-state index < -0.39 is 0 Å². The van der Waals surface area contributed by atoms with E-state index in [1.165, 1.54) is 0 Å². The van der Waals surface area contributed by atoms with Crippen LogP contribution in [0.1, 0.15) is 35.7 Å². The van der Waals surface area contributed by atoms with Crippen LogP contribution in [0.4, 0.5) is 4.79 Å². The first-order chi connectivity index (χ1) is 18.1. The average Bonchev–Trinajstić information content (AvgIpc) is 2.96. The molecular formula is C28H34N2O7. The Kier molecular flexibility index (Phi) is 7.93. The van der Waals surface area contributed by atoms with Crippen LogP contribution >= 0.6 is 0 Å². The summed E-state index contributed by atoms with van der Waals surface area (Å²) in [5.74, 6) is 0.993. The number of likely N-dealkylation sites (tertiary alicyclic amines) is 1. The first-order valence-electron chi connectivity index (χ1n) is 13.0. The van der Waals surface area contributed by atoms with Gasteiger partial charge in [0.15, 0.2) is 0 Å². The number of hydrogen-bond donors (Lipinski definition) is 1. The van der Waals surface area contributed by atoms with Gasteiger partial charge < -0.3 is 33.9 Å². The van der Waals surface area contributed by atoms with Crippen molar-refractivity contribution in [3.05, 3.63) is 53.6 Å². The number of ether oxygens (including phenoxy) is 4. The Morgan fingerprint density at radius 3 is 2.49 bits per heavy atom. The summed E-state index contributed by atoms with van der Waals surface area (Å²) < 4.78 is 22.8. The van der Waals surface area contributed by atoms with E-state index in [4.69, 9.17) is 18.9 Å². The molecule has 0 spiro atoms. The molecule has 2 aromatic carbocycles. The van der Waals surface area contributed by atoms with Crippen molar-refractivity contribution < 1.29 is 33.6 Å². The van der Waals surface area contributed by atoms with Gasteiger partial charge in [-0.15, -0.1) is 0 Å². The Hall–Kier alpha value is -3.14. The van der Waals surface area contributed by atoms with E-state index in [-0.39, 0.29) is 36.9 Å². The molecule has 2 unspecified atom stereocenters. The minimum absolute atomic E-state index is 0.0559. The van der Waals surface area contributed by atoms with Gasteiger partial charge in [-0.25, -0.2) is 4.79 Å². The number of aliphatic hydroxyl groups is 1. The molecule has 2 fully saturated rings. The fraction of sp³-hybridized carbons (Fsp3) is 0.500. The molecule has 3 heterocycles. The third-order valence-electron chi connectivity index (χ3n) is 7.25. The Morgan fingerprint density at radius 2 is 1.76 bits per heavy atom. The van der Waals surface area contributed by atoms with Crippen molar-refractivity contribution in [1.29, 1.82) is 0 Å². The average molecular weight is 511 g/mol. The molecule has 2 saturated heterocycles. The standard InChI is InChI=1S/C28H34N2O7/c1-2-34-28(33)29-11-9-21(10-12-29)27-36-18-23-15-22(7-8-25(23)37-27)19-3-5-20(6-4-19)26(32)30-13-14-35-24(16-30)17-31/h3-8,15,21,24,27,31H,2,9-14,16-18H2,1H3. The van der Waals surface area contributed by atoms with Crippen LogP contribution in [0.25, 0.3) is 11.1 Å². The van der Waals surface area contributed by atoms with E-state index in [1.54, 1.807) is 9.80 Å². The summed E-state index contributed by atoms with van der Waals surface area (Å²) >= 11 is 0. The summed E-state index contributed by atoms with van der Waals surface area (Å²) in [5, 5.41) is 9.33. The number of morpholine rings is 1. The van der Waals surface area contributed by atoms with Gasteiger partial charge in [-0.2, -0.15) is 0 Å². The number of rotatable bonds is 5. The lowest BCUT2D eigenvalue weighted by molar-refractivity contribution is -0.148. The van der Waals surface area contributed by atoms with Crippen LogP contribution in [-0.2, 0) is 20.8 Å². The summed E-state index contributed by atoms with van der Waals surface area (Å²) in [7, 11) is 0. The molecule has 3 aliphatic heterocycles. The first kappa shape index (κ1) is 25.5. The van der Waals surface area contributed by atoms with Crippen LogP contribution in [0.2, 0.25) is 0 Å². The van der Waals surface area contributed by atoms with Crippen LogP contribution in [0.3, 0.4) is 0 Å². The molecule has 1 N–H and O–H groups in total. The lowest BCUT2D eigenvalue weighted by Gasteiger charge is -2.37. The molecule has 198 valence electrons. The third kappa shape index (κ3) is 5.74. The number of benzene rings is 2. The molecule has 2 amide bonds. The summed E-state index contributed by atoms with van der Waals surface area (Å²) in [6.45, 7) is 5.20. The predicted molar refractivity (Wildman–Crippen MR) is 135 cm³/mol. The van der Waals surface area contributed by atoms with Gasteiger partial charge in [0.2, 0.25) is 6.29 Å². The molecule has 9 nitrogen and oxygen atoms in total. The van der Waals surface area contributed by atoms with Gasteiger partial charge in [-0.3, -0.25) is 4.79 Å². The number of amides is 2. The van der Waals surface area contributed by atoms with Gasteiger partial charge >= 0.3 is 6.09 Å². The normalized spacial score (nSPS) is 22.2. The second-order valence-electron chi connectivity index (χ2n) is 9.65. The predicted octanol–water partition coefficient (Wildman–Crippen LogP) is 3.29. The Labute approximate surface area is 216 Å². The lowest BCUT2D eigenvalue weighted by atomic mass is 9.95. The largest absolute Gasteiger partial charge is 0.464 e. The summed E-state index contributed by atoms with van der Waals surface area (Å²) in [5.41, 5.74) is 3.63. The Morgan fingerprint density at radius 1 is 1.00 bits per heavy atom. The summed E-state index contributed by atoms with van der Waals surface area (Å²) in [6.07, 6.45) is 0.728. The van der Waals surface area contributed by atoms with Crippen LogP contribution in [0, 0.1) is 5.92 Å². The molecule has 2 atom stereocenters. The smallest absolute Gasteiger partial charge is 0.409 e. The maximum absolute atomic E-state index is 12.9. The van der Waals surface area contributed by atoms with Crippen molar-refractivity contribution in [2.75, 3.05) is 46.0 Å². The van der Waals surface area contributed by atoms with Gasteiger partial charge in [-0.05, 0) is 55.2 Å². The molecule has 0 radical (unpaired) electrons. The molecule has 0 bridgehead atoms. The highest BCUT2D eigenvalue weighted by Gasteiger charge is 2.33. The number of fused-ring (bicyclic) bond motifs is 1. The van der Waals surface area contributed by atoms with E-state index in [0.29, 0.717) is 51.6 Å². The van der Waals surface area contributed by atoms with Crippen molar-refractivity contribution in [1.82, 2.24) is 9.80 Å². The Balaban J connectivity index is 1.19. The number of aliphatic hydroxyl groups excluding tert-OH is 1. The number of carbonyl (C=O) groups is 2. The van der Waals surface area contributed by atoms with Gasteiger partial charge in [0.25, 0.3) is 5.91 Å². The van der Waals surface area contributed by atoms with E-state index in [2.05, 4.69) is 6.07 Å².